The molecule has 0 aliphatic carbocycles. The van der Waals surface area contributed by atoms with E-state index in [9.17, 15) is 14.4 Å². The summed E-state index contributed by atoms with van der Waals surface area (Å²) >= 11 is 0. The predicted molar refractivity (Wildman–Crippen MR) is 95.4 cm³/mol. The highest BCUT2D eigenvalue weighted by Gasteiger charge is 2.35. The molecule has 1 heterocycles. The fourth-order valence-electron chi connectivity index (χ4n) is 2.77. The molecule has 3 rings (SSSR count). The molecule has 1 aliphatic heterocycles. The molecule has 1 N–H and O–H groups in total. The standard InChI is InChI=1S/C20H20N2O4/c1-2-3-11-22-19(24)16-10-9-15(12-17(16)20(22)25)18(23)21-26-13-14-7-5-4-6-8-14/h4-10,12H,2-3,11,13H2,1H3,(H,21,23). The Bertz CT molecular complexity index is 833. The van der Waals surface area contributed by atoms with Crippen LogP contribution in [0.25, 0.3) is 0 Å². The largest absolute Gasteiger partial charge is 0.274 e. The van der Waals surface area contributed by atoms with Crippen LogP contribution in [-0.2, 0) is 11.4 Å². The number of unbranched alkanes of at least 4 members (excludes halogenated alkanes) is 1. The number of hydrogen-bond acceptors (Lipinski definition) is 4. The fourth-order valence-corrected chi connectivity index (χ4v) is 2.77. The second-order valence-electron chi connectivity index (χ2n) is 6.08. The van der Waals surface area contributed by atoms with E-state index < -0.39 is 5.91 Å². The van der Waals surface area contributed by atoms with Gasteiger partial charge in [-0.05, 0) is 30.2 Å². The number of imide groups is 1. The van der Waals surface area contributed by atoms with E-state index in [2.05, 4.69) is 5.48 Å². The van der Waals surface area contributed by atoms with Crippen molar-refractivity contribution >= 4 is 17.7 Å². The van der Waals surface area contributed by atoms with Gasteiger partial charge in [0.15, 0.2) is 0 Å². The summed E-state index contributed by atoms with van der Waals surface area (Å²) in [5.41, 5.74) is 4.17. The number of carbonyl (C=O) groups excluding carboxylic acids is 3. The number of nitrogens with one attached hydrogen (secondary N) is 1. The molecule has 3 amide bonds. The highest BCUT2D eigenvalue weighted by atomic mass is 16.6. The molecule has 0 atom stereocenters. The van der Waals surface area contributed by atoms with E-state index in [-0.39, 0.29) is 29.5 Å². The van der Waals surface area contributed by atoms with Gasteiger partial charge < -0.3 is 0 Å². The quantitative estimate of drug-likeness (QED) is 0.614. The van der Waals surface area contributed by atoms with Gasteiger partial charge in [0.1, 0.15) is 0 Å². The van der Waals surface area contributed by atoms with Crippen LogP contribution < -0.4 is 5.48 Å². The van der Waals surface area contributed by atoms with Gasteiger partial charge in [0.05, 0.1) is 17.7 Å². The monoisotopic (exact) mass is 352 g/mol. The van der Waals surface area contributed by atoms with Crippen molar-refractivity contribution < 1.29 is 19.2 Å². The van der Waals surface area contributed by atoms with Crippen LogP contribution in [0.2, 0.25) is 0 Å². The Morgan fingerprint density at radius 3 is 2.50 bits per heavy atom. The lowest BCUT2D eigenvalue weighted by Crippen LogP contribution is -2.30. The van der Waals surface area contributed by atoms with Gasteiger partial charge in [0.2, 0.25) is 0 Å². The van der Waals surface area contributed by atoms with Crippen LogP contribution in [0, 0.1) is 0 Å². The lowest BCUT2D eigenvalue weighted by Gasteiger charge is -2.12. The molecule has 2 aromatic rings. The predicted octanol–water partition coefficient (Wildman–Crippen LogP) is 2.94. The lowest BCUT2D eigenvalue weighted by atomic mass is 10.1. The lowest BCUT2D eigenvalue weighted by molar-refractivity contribution is 0.0233. The molecule has 6 heteroatoms. The van der Waals surface area contributed by atoms with Gasteiger partial charge in [0.25, 0.3) is 17.7 Å². The maximum atomic E-state index is 12.4. The van der Waals surface area contributed by atoms with Crippen LogP contribution in [0.4, 0.5) is 0 Å². The molecule has 2 aromatic carbocycles. The summed E-state index contributed by atoms with van der Waals surface area (Å²) in [7, 11) is 0. The smallest absolute Gasteiger partial charge is 0.274 e. The number of carbonyl (C=O) groups is 3. The SMILES string of the molecule is CCCCN1C(=O)c2ccc(C(=O)NOCc3ccccc3)cc2C1=O. The van der Waals surface area contributed by atoms with Crippen LogP contribution in [0.15, 0.2) is 48.5 Å². The van der Waals surface area contributed by atoms with Gasteiger partial charge in [-0.1, -0.05) is 43.7 Å². The summed E-state index contributed by atoms with van der Waals surface area (Å²) in [5.74, 6) is -1.11. The van der Waals surface area contributed by atoms with Gasteiger partial charge in [0, 0.05) is 12.1 Å². The van der Waals surface area contributed by atoms with Crippen LogP contribution in [0.5, 0.6) is 0 Å². The molecule has 0 saturated heterocycles. The van der Waals surface area contributed by atoms with Crippen molar-refractivity contribution in [3.8, 4) is 0 Å². The van der Waals surface area contributed by atoms with Crippen molar-refractivity contribution in [2.45, 2.75) is 26.4 Å². The van der Waals surface area contributed by atoms with Crippen LogP contribution in [-0.4, -0.2) is 29.2 Å². The van der Waals surface area contributed by atoms with Crippen LogP contribution in [0.3, 0.4) is 0 Å². The van der Waals surface area contributed by atoms with E-state index in [1.165, 1.54) is 23.1 Å². The summed E-state index contributed by atoms with van der Waals surface area (Å²) < 4.78 is 0. The van der Waals surface area contributed by atoms with Crippen LogP contribution >= 0.6 is 0 Å². The summed E-state index contributed by atoms with van der Waals surface area (Å²) in [4.78, 5) is 43.4. The first-order valence-corrected chi connectivity index (χ1v) is 8.58. The van der Waals surface area contributed by atoms with Crippen molar-refractivity contribution in [3.63, 3.8) is 0 Å². The molecule has 0 fully saturated rings. The summed E-state index contributed by atoms with van der Waals surface area (Å²) in [6, 6.07) is 13.9. The zero-order chi connectivity index (χ0) is 18.5. The Kier molecular flexibility index (Phi) is 5.43. The van der Waals surface area contributed by atoms with Gasteiger partial charge in [-0.25, -0.2) is 5.48 Å². The molecule has 0 radical (unpaired) electrons. The summed E-state index contributed by atoms with van der Waals surface area (Å²) in [6.45, 7) is 2.63. The van der Waals surface area contributed by atoms with Crippen molar-refractivity contribution in [2.24, 2.45) is 0 Å². The molecular formula is C20H20N2O4. The summed E-state index contributed by atoms with van der Waals surface area (Å²) in [5, 5.41) is 0. The molecule has 134 valence electrons. The van der Waals surface area contributed by atoms with Crippen molar-refractivity contribution in [3.05, 3.63) is 70.8 Å². The minimum absolute atomic E-state index is 0.236. The van der Waals surface area contributed by atoms with E-state index >= 15 is 0 Å². The first-order valence-electron chi connectivity index (χ1n) is 8.58. The molecule has 0 bridgehead atoms. The number of hydrogen-bond donors (Lipinski definition) is 1. The molecule has 26 heavy (non-hydrogen) atoms. The molecule has 0 unspecified atom stereocenters. The van der Waals surface area contributed by atoms with Crippen molar-refractivity contribution in [2.75, 3.05) is 6.54 Å². The number of fused-ring (bicyclic) bond motifs is 1. The Balaban J connectivity index is 1.66. The molecule has 0 aromatic heterocycles. The zero-order valence-corrected chi connectivity index (χ0v) is 14.5. The van der Waals surface area contributed by atoms with E-state index in [0.29, 0.717) is 12.1 Å². The van der Waals surface area contributed by atoms with Crippen molar-refractivity contribution in [1.29, 1.82) is 0 Å². The number of hydroxylamine groups is 1. The van der Waals surface area contributed by atoms with Gasteiger partial charge in [-0.15, -0.1) is 0 Å². The zero-order valence-electron chi connectivity index (χ0n) is 14.5. The van der Waals surface area contributed by atoms with Gasteiger partial charge in [-0.3, -0.25) is 24.1 Å². The van der Waals surface area contributed by atoms with E-state index in [1.807, 2.05) is 37.3 Å². The molecule has 1 aliphatic rings. The first-order chi connectivity index (χ1) is 12.6. The topological polar surface area (TPSA) is 75.7 Å². The average Bonchev–Trinajstić information content (AvgIpc) is 2.91. The molecule has 6 nitrogen and oxygen atoms in total. The third kappa shape index (κ3) is 3.65. The Morgan fingerprint density at radius 2 is 1.77 bits per heavy atom. The number of nitrogens with zero attached hydrogens (tertiary/aromatic N) is 1. The molecule has 0 saturated carbocycles. The van der Waals surface area contributed by atoms with Crippen LogP contribution in [0.1, 0.15) is 56.4 Å². The second kappa shape index (κ2) is 7.93. The number of amides is 3. The number of benzene rings is 2. The van der Waals surface area contributed by atoms with Gasteiger partial charge >= 0.3 is 0 Å². The van der Waals surface area contributed by atoms with Crippen molar-refractivity contribution in [1.82, 2.24) is 10.4 Å². The fraction of sp³-hybridized carbons (Fsp3) is 0.250. The Morgan fingerprint density at radius 1 is 1.04 bits per heavy atom. The average molecular weight is 352 g/mol. The van der Waals surface area contributed by atoms with Gasteiger partial charge in [-0.2, -0.15) is 0 Å². The Hall–Kier alpha value is -2.99. The molecule has 0 spiro atoms. The van der Waals surface area contributed by atoms with E-state index in [0.717, 1.165) is 18.4 Å². The van der Waals surface area contributed by atoms with E-state index in [1.54, 1.807) is 0 Å². The highest BCUT2D eigenvalue weighted by Crippen LogP contribution is 2.24. The first kappa shape index (κ1) is 17.8. The third-order valence-electron chi connectivity index (χ3n) is 4.21. The van der Waals surface area contributed by atoms with E-state index in [4.69, 9.17) is 4.84 Å². The second-order valence-corrected chi connectivity index (χ2v) is 6.08. The number of rotatable bonds is 7. The maximum absolute atomic E-state index is 12.4. The maximum Gasteiger partial charge on any atom is 0.274 e. The third-order valence-corrected chi connectivity index (χ3v) is 4.21. The minimum atomic E-state index is -0.462. The highest BCUT2D eigenvalue weighted by molar-refractivity contribution is 6.22. The normalized spacial score (nSPS) is 13.0. The summed E-state index contributed by atoms with van der Waals surface area (Å²) in [6.07, 6.45) is 1.64. The Labute approximate surface area is 151 Å². The minimum Gasteiger partial charge on any atom is -0.274 e. The molecular weight excluding hydrogens is 332 g/mol.